The lowest BCUT2D eigenvalue weighted by Gasteiger charge is -2.10. The lowest BCUT2D eigenvalue weighted by molar-refractivity contribution is -0.120. The third-order valence-electron chi connectivity index (χ3n) is 4.03. The Balaban J connectivity index is 1.74. The molecule has 1 amide bonds. The van der Waals surface area contributed by atoms with Gasteiger partial charge in [0.25, 0.3) is 0 Å². The molecule has 0 aliphatic heterocycles. The van der Waals surface area contributed by atoms with E-state index >= 15 is 0 Å². The van der Waals surface area contributed by atoms with Gasteiger partial charge < -0.3 is 10.7 Å². The number of hydrogen-bond donors (Lipinski definition) is 2. The molecule has 0 bridgehead atoms. The Hall–Kier alpha value is -2.36. The normalized spacial score (nSPS) is 10.6. The minimum atomic E-state index is -0.0705. The number of nitrogens with one attached hydrogen (secondary N) is 2. The van der Waals surface area contributed by atoms with E-state index in [9.17, 15) is 4.79 Å². The van der Waals surface area contributed by atoms with Gasteiger partial charge in [-0.05, 0) is 39.6 Å². The summed E-state index contributed by atoms with van der Waals surface area (Å²) >= 11 is 11.9. The summed E-state index contributed by atoms with van der Waals surface area (Å²) in [4.78, 5) is 12.3. The Morgan fingerprint density at radius 3 is 2.48 bits per heavy atom. The maximum atomic E-state index is 12.3. The second kappa shape index (κ2) is 7.68. The van der Waals surface area contributed by atoms with Crippen molar-refractivity contribution in [3.05, 3.63) is 81.3 Å². The zero-order chi connectivity index (χ0) is 17.8. The second-order valence-electron chi connectivity index (χ2n) is 5.71. The standard InChI is InChI=1S/C20H16Cl2N2O/c21-18-8-5-13(9-19(18)22)12-24-20(25)10-14-6-7-15(11-23)17-4-2-1-3-16(14)17/h1-9,11,23H,10,12H2,(H,24,25). The van der Waals surface area contributed by atoms with Crippen LogP contribution < -0.4 is 5.32 Å². The fraction of sp³-hybridized carbons (Fsp3) is 0.100. The lowest BCUT2D eigenvalue weighted by Crippen LogP contribution is -2.24. The molecule has 0 saturated heterocycles. The SMILES string of the molecule is N=Cc1ccc(CC(=O)NCc2ccc(Cl)c(Cl)c2)c2ccccc12. The maximum Gasteiger partial charge on any atom is 0.224 e. The average molecular weight is 371 g/mol. The number of rotatable bonds is 5. The van der Waals surface area contributed by atoms with Gasteiger partial charge in [-0.3, -0.25) is 4.79 Å². The van der Waals surface area contributed by atoms with Gasteiger partial charge in [0.1, 0.15) is 0 Å². The van der Waals surface area contributed by atoms with Crippen LogP contribution in [0.1, 0.15) is 16.7 Å². The van der Waals surface area contributed by atoms with E-state index in [1.807, 2.05) is 42.5 Å². The summed E-state index contributed by atoms with van der Waals surface area (Å²) < 4.78 is 0. The van der Waals surface area contributed by atoms with E-state index in [-0.39, 0.29) is 12.3 Å². The molecular weight excluding hydrogens is 355 g/mol. The first-order chi connectivity index (χ1) is 12.1. The van der Waals surface area contributed by atoms with E-state index in [4.69, 9.17) is 28.6 Å². The topological polar surface area (TPSA) is 53.0 Å². The molecule has 0 heterocycles. The Bertz CT molecular complexity index is 954. The highest BCUT2D eigenvalue weighted by Gasteiger charge is 2.09. The molecule has 0 saturated carbocycles. The molecular formula is C20H16Cl2N2O. The van der Waals surface area contributed by atoms with Crippen molar-refractivity contribution >= 4 is 46.1 Å². The fourth-order valence-corrected chi connectivity index (χ4v) is 3.07. The molecule has 0 spiro atoms. The number of halogens is 2. The van der Waals surface area contributed by atoms with Crippen LogP contribution in [0.15, 0.2) is 54.6 Å². The summed E-state index contributed by atoms with van der Waals surface area (Å²) in [6.07, 6.45) is 1.61. The Labute approximate surface area is 156 Å². The Morgan fingerprint density at radius 1 is 1.00 bits per heavy atom. The number of benzene rings is 3. The monoisotopic (exact) mass is 370 g/mol. The van der Waals surface area contributed by atoms with Crippen molar-refractivity contribution in [2.75, 3.05) is 0 Å². The van der Waals surface area contributed by atoms with Gasteiger partial charge in [-0.1, -0.05) is 65.7 Å². The smallest absolute Gasteiger partial charge is 0.224 e. The van der Waals surface area contributed by atoms with Crippen molar-refractivity contribution in [3.63, 3.8) is 0 Å². The molecule has 3 aromatic carbocycles. The van der Waals surface area contributed by atoms with Gasteiger partial charge in [-0.25, -0.2) is 0 Å². The van der Waals surface area contributed by atoms with Crippen LogP contribution >= 0.6 is 23.2 Å². The van der Waals surface area contributed by atoms with Gasteiger partial charge in [0.05, 0.1) is 16.5 Å². The van der Waals surface area contributed by atoms with Crippen LogP contribution in [0.3, 0.4) is 0 Å². The molecule has 0 unspecified atom stereocenters. The van der Waals surface area contributed by atoms with E-state index in [1.54, 1.807) is 12.1 Å². The van der Waals surface area contributed by atoms with Gasteiger partial charge >= 0.3 is 0 Å². The maximum absolute atomic E-state index is 12.3. The van der Waals surface area contributed by atoms with Crippen LogP contribution in [0.2, 0.25) is 10.0 Å². The van der Waals surface area contributed by atoms with Crippen molar-refractivity contribution in [3.8, 4) is 0 Å². The van der Waals surface area contributed by atoms with Crippen LogP contribution in [0.25, 0.3) is 10.8 Å². The summed E-state index contributed by atoms with van der Waals surface area (Å²) in [5.74, 6) is -0.0705. The highest BCUT2D eigenvalue weighted by Crippen LogP contribution is 2.23. The van der Waals surface area contributed by atoms with E-state index in [0.717, 1.165) is 27.5 Å². The van der Waals surface area contributed by atoms with Crippen LogP contribution in [0.5, 0.6) is 0 Å². The molecule has 0 aliphatic rings. The number of fused-ring (bicyclic) bond motifs is 1. The fourth-order valence-electron chi connectivity index (χ4n) is 2.75. The molecule has 0 atom stereocenters. The van der Waals surface area contributed by atoms with Crippen molar-refractivity contribution in [1.29, 1.82) is 5.41 Å². The summed E-state index contributed by atoms with van der Waals surface area (Å²) in [7, 11) is 0. The predicted octanol–water partition coefficient (Wildman–Crippen LogP) is 5.00. The first-order valence-corrected chi connectivity index (χ1v) is 8.56. The highest BCUT2D eigenvalue weighted by atomic mass is 35.5. The van der Waals surface area contributed by atoms with Gasteiger partial charge in [-0.15, -0.1) is 0 Å². The van der Waals surface area contributed by atoms with Gasteiger partial charge in [0, 0.05) is 12.8 Å². The minimum absolute atomic E-state index is 0.0705. The number of carbonyl (C=O) groups is 1. The summed E-state index contributed by atoms with van der Waals surface area (Å²) in [5, 5.41) is 13.4. The molecule has 3 rings (SSSR count). The first kappa shape index (κ1) is 17.5. The van der Waals surface area contributed by atoms with Gasteiger partial charge in [-0.2, -0.15) is 0 Å². The Morgan fingerprint density at radius 2 is 1.76 bits per heavy atom. The molecule has 25 heavy (non-hydrogen) atoms. The summed E-state index contributed by atoms with van der Waals surface area (Å²) in [6, 6.07) is 16.9. The molecule has 126 valence electrons. The summed E-state index contributed by atoms with van der Waals surface area (Å²) in [5.41, 5.74) is 2.68. The van der Waals surface area contributed by atoms with Crippen LogP contribution in [0, 0.1) is 5.41 Å². The van der Waals surface area contributed by atoms with Crippen LogP contribution in [0.4, 0.5) is 0 Å². The lowest BCUT2D eigenvalue weighted by atomic mass is 9.98. The number of hydrogen-bond acceptors (Lipinski definition) is 2. The second-order valence-corrected chi connectivity index (χ2v) is 6.52. The minimum Gasteiger partial charge on any atom is -0.352 e. The first-order valence-electron chi connectivity index (χ1n) is 7.80. The largest absolute Gasteiger partial charge is 0.352 e. The zero-order valence-electron chi connectivity index (χ0n) is 13.4. The van der Waals surface area contributed by atoms with E-state index < -0.39 is 0 Å². The average Bonchev–Trinajstić information content (AvgIpc) is 2.63. The van der Waals surface area contributed by atoms with E-state index in [1.165, 1.54) is 6.21 Å². The molecule has 0 aromatic heterocycles. The molecule has 2 N–H and O–H groups in total. The van der Waals surface area contributed by atoms with Crippen LogP contribution in [-0.4, -0.2) is 12.1 Å². The molecule has 0 fully saturated rings. The van der Waals surface area contributed by atoms with Crippen LogP contribution in [-0.2, 0) is 17.8 Å². The molecule has 5 heteroatoms. The highest BCUT2D eigenvalue weighted by molar-refractivity contribution is 6.42. The molecule has 3 nitrogen and oxygen atoms in total. The third kappa shape index (κ3) is 4.01. The van der Waals surface area contributed by atoms with Gasteiger partial charge in [0.2, 0.25) is 5.91 Å². The van der Waals surface area contributed by atoms with Crippen molar-refractivity contribution in [2.45, 2.75) is 13.0 Å². The van der Waals surface area contributed by atoms with Crippen molar-refractivity contribution in [2.24, 2.45) is 0 Å². The van der Waals surface area contributed by atoms with Gasteiger partial charge in [0.15, 0.2) is 0 Å². The zero-order valence-corrected chi connectivity index (χ0v) is 14.9. The van der Waals surface area contributed by atoms with E-state index in [2.05, 4.69) is 5.32 Å². The summed E-state index contributed by atoms with van der Waals surface area (Å²) in [6.45, 7) is 0.395. The molecule has 0 radical (unpaired) electrons. The molecule has 0 aliphatic carbocycles. The number of carbonyl (C=O) groups excluding carboxylic acids is 1. The Kier molecular flexibility index (Phi) is 5.37. The van der Waals surface area contributed by atoms with Crippen molar-refractivity contribution in [1.82, 2.24) is 5.32 Å². The molecule has 3 aromatic rings. The third-order valence-corrected chi connectivity index (χ3v) is 4.77. The van der Waals surface area contributed by atoms with Crippen molar-refractivity contribution < 1.29 is 4.79 Å². The predicted molar refractivity (Wildman–Crippen MR) is 104 cm³/mol. The number of amides is 1. The van der Waals surface area contributed by atoms with E-state index in [0.29, 0.717) is 16.6 Å². The quantitative estimate of drug-likeness (QED) is 0.609.